The second-order valence-electron chi connectivity index (χ2n) is 8.18. The molecule has 2 rings (SSSR count). The zero-order chi connectivity index (χ0) is 19.2. The van der Waals surface area contributed by atoms with Gasteiger partial charge in [0.15, 0.2) is 5.96 Å². The highest BCUT2D eigenvalue weighted by Gasteiger charge is 2.35. The first kappa shape index (κ1) is 24.0. The van der Waals surface area contributed by atoms with Crippen LogP contribution in [0, 0.1) is 18.3 Å². The van der Waals surface area contributed by atoms with Gasteiger partial charge in [-0.3, -0.25) is 4.99 Å². The lowest BCUT2D eigenvalue weighted by Crippen LogP contribution is -2.47. The Kier molecular flexibility index (Phi) is 9.87. The van der Waals surface area contributed by atoms with Gasteiger partial charge < -0.3 is 20.1 Å². The molecule has 1 aromatic rings. The van der Waals surface area contributed by atoms with Gasteiger partial charge in [0.05, 0.1) is 13.2 Å². The average Bonchev–Trinajstić information content (AvgIpc) is 2.62. The Hall–Kier alpha value is -1.02. The minimum Gasteiger partial charge on any atom is -0.496 e. The SMILES string of the molecule is CN=C(NCc1ccc(C)cc1OC)NCC1CCCOC1C(C)(C)C.I. The molecule has 0 aromatic heterocycles. The maximum atomic E-state index is 6.07. The second kappa shape index (κ2) is 11.1. The fourth-order valence-electron chi connectivity index (χ4n) is 3.63. The summed E-state index contributed by atoms with van der Waals surface area (Å²) in [6.45, 7) is 11.3. The van der Waals surface area contributed by atoms with E-state index in [0.717, 1.165) is 36.8 Å². The smallest absolute Gasteiger partial charge is 0.191 e. The van der Waals surface area contributed by atoms with Crippen molar-refractivity contribution in [3.63, 3.8) is 0 Å². The molecule has 2 atom stereocenters. The van der Waals surface area contributed by atoms with Gasteiger partial charge in [-0.15, -0.1) is 24.0 Å². The van der Waals surface area contributed by atoms with Crippen LogP contribution in [0.15, 0.2) is 23.2 Å². The molecule has 0 saturated carbocycles. The van der Waals surface area contributed by atoms with E-state index in [0.29, 0.717) is 12.5 Å². The zero-order valence-corrected chi connectivity index (χ0v) is 19.9. The summed E-state index contributed by atoms with van der Waals surface area (Å²) < 4.78 is 11.6. The number of halogens is 1. The van der Waals surface area contributed by atoms with Crippen molar-refractivity contribution in [2.24, 2.45) is 16.3 Å². The number of nitrogens with one attached hydrogen (secondary N) is 2. The minimum absolute atomic E-state index is 0. The third kappa shape index (κ3) is 7.14. The zero-order valence-electron chi connectivity index (χ0n) is 17.6. The van der Waals surface area contributed by atoms with E-state index in [1.807, 2.05) is 0 Å². The molecular weight excluding hydrogens is 453 g/mol. The molecule has 1 saturated heterocycles. The molecule has 0 bridgehead atoms. The van der Waals surface area contributed by atoms with E-state index in [4.69, 9.17) is 9.47 Å². The minimum atomic E-state index is 0. The predicted octanol–water partition coefficient (Wildman–Crippen LogP) is 4.13. The molecule has 1 heterocycles. The monoisotopic (exact) mass is 489 g/mol. The number of aryl methyl sites for hydroxylation is 1. The lowest BCUT2D eigenvalue weighted by Gasteiger charge is -2.40. The van der Waals surface area contributed by atoms with Crippen molar-refractivity contribution in [3.8, 4) is 5.75 Å². The van der Waals surface area contributed by atoms with Crippen molar-refractivity contribution < 1.29 is 9.47 Å². The van der Waals surface area contributed by atoms with Gasteiger partial charge in [0.25, 0.3) is 0 Å². The first-order valence-corrected chi connectivity index (χ1v) is 9.54. The van der Waals surface area contributed by atoms with Gasteiger partial charge in [-0.25, -0.2) is 0 Å². The highest BCUT2D eigenvalue weighted by molar-refractivity contribution is 14.0. The van der Waals surface area contributed by atoms with Gasteiger partial charge in [0.2, 0.25) is 0 Å². The number of guanidine groups is 1. The Morgan fingerprint density at radius 3 is 2.67 bits per heavy atom. The highest BCUT2D eigenvalue weighted by atomic mass is 127. The Morgan fingerprint density at radius 1 is 1.30 bits per heavy atom. The van der Waals surface area contributed by atoms with Crippen LogP contribution in [0.1, 0.15) is 44.7 Å². The van der Waals surface area contributed by atoms with E-state index in [9.17, 15) is 0 Å². The summed E-state index contributed by atoms with van der Waals surface area (Å²) in [5, 5.41) is 6.87. The lowest BCUT2D eigenvalue weighted by molar-refractivity contribution is -0.0835. The van der Waals surface area contributed by atoms with E-state index in [1.165, 1.54) is 12.0 Å². The normalized spacial score (nSPS) is 20.6. The lowest BCUT2D eigenvalue weighted by atomic mass is 9.78. The molecule has 154 valence electrons. The standard InChI is InChI=1S/C21H35N3O2.HI/c1-15-9-10-16(18(12-15)25-6)13-23-20(22-5)24-14-17-8-7-11-26-19(17)21(2,3)4;/h9-10,12,17,19H,7-8,11,13-14H2,1-6H3,(H2,22,23,24);1H. The van der Waals surface area contributed by atoms with Crippen LogP contribution < -0.4 is 15.4 Å². The third-order valence-electron chi connectivity index (χ3n) is 4.94. The first-order chi connectivity index (χ1) is 12.3. The van der Waals surface area contributed by atoms with E-state index in [1.54, 1.807) is 14.2 Å². The molecule has 1 aliphatic heterocycles. The maximum absolute atomic E-state index is 6.07. The number of hydrogen-bond acceptors (Lipinski definition) is 3. The van der Waals surface area contributed by atoms with Gasteiger partial charge in [-0.1, -0.05) is 32.9 Å². The topological polar surface area (TPSA) is 54.9 Å². The van der Waals surface area contributed by atoms with Gasteiger partial charge in [-0.2, -0.15) is 0 Å². The Bertz CT molecular complexity index is 614. The fraction of sp³-hybridized carbons (Fsp3) is 0.667. The highest BCUT2D eigenvalue weighted by Crippen LogP contribution is 2.33. The molecule has 0 spiro atoms. The van der Waals surface area contributed by atoms with Crippen molar-refractivity contribution in [2.45, 2.75) is 53.2 Å². The molecule has 27 heavy (non-hydrogen) atoms. The Balaban J connectivity index is 0.00000364. The number of ether oxygens (including phenoxy) is 2. The molecule has 1 aromatic carbocycles. The third-order valence-corrected chi connectivity index (χ3v) is 4.94. The van der Waals surface area contributed by atoms with Crippen molar-refractivity contribution >= 4 is 29.9 Å². The van der Waals surface area contributed by atoms with Crippen LogP contribution in [0.25, 0.3) is 0 Å². The van der Waals surface area contributed by atoms with E-state index >= 15 is 0 Å². The van der Waals surface area contributed by atoms with Gasteiger partial charge >= 0.3 is 0 Å². The van der Waals surface area contributed by atoms with Crippen molar-refractivity contribution in [2.75, 3.05) is 27.3 Å². The molecule has 6 heteroatoms. The number of methoxy groups -OCH3 is 1. The molecular formula is C21H36IN3O2. The summed E-state index contributed by atoms with van der Waals surface area (Å²) in [5.74, 6) is 2.21. The average molecular weight is 489 g/mol. The van der Waals surface area contributed by atoms with Gasteiger partial charge in [-0.05, 0) is 36.8 Å². The molecule has 5 nitrogen and oxygen atoms in total. The summed E-state index contributed by atoms with van der Waals surface area (Å²) in [6, 6.07) is 6.25. The Labute approximate surface area is 181 Å². The van der Waals surface area contributed by atoms with Crippen LogP contribution in [0.2, 0.25) is 0 Å². The van der Waals surface area contributed by atoms with Crippen molar-refractivity contribution in [1.82, 2.24) is 10.6 Å². The number of hydrogen-bond donors (Lipinski definition) is 2. The molecule has 1 fully saturated rings. The predicted molar refractivity (Wildman–Crippen MR) is 123 cm³/mol. The molecule has 1 aliphatic rings. The summed E-state index contributed by atoms with van der Waals surface area (Å²) in [6.07, 6.45) is 2.60. The quantitative estimate of drug-likeness (QED) is 0.371. The number of aliphatic imine (C=N–C) groups is 1. The fourth-order valence-corrected chi connectivity index (χ4v) is 3.63. The van der Waals surface area contributed by atoms with Crippen molar-refractivity contribution in [3.05, 3.63) is 29.3 Å². The van der Waals surface area contributed by atoms with E-state index in [2.05, 4.69) is 61.5 Å². The number of nitrogens with zero attached hydrogens (tertiary/aromatic N) is 1. The second-order valence-corrected chi connectivity index (χ2v) is 8.18. The summed E-state index contributed by atoms with van der Waals surface area (Å²) in [5.41, 5.74) is 2.46. The van der Waals surface area contributed by atoms with E-state index < -0.39 is 0 Å². The maximum Gasteiger partial charge on any atom is 0.191 e. The molecule has 0 amide bonds. The number of benzene rings is 1. The van der Waals surface area contributed by atoms with Gasteiger partial charge in [0, 0.05) is 38.2 Å². The summed E-state index contributed by atoms with van der Waals surface area (Å²) in [4.78, 5) is 4.36. The van der Waals surface area contributed by atoms with Crippen LogP contribution in [0.4, 0.5) is 0 Å². The molecule has 2 unspecified atom stereocenters. The first-order valence-electron chi connectivity index (χ1n) is 9.54. The largest absolute Gasteiger partial charge is 0.496 e. The van der Waals surface area contributed by atoms with Crippen LogP contribution in [-0.2, 0) is 11.3 Å². The van der Waals surface area contributed by atoms with Crippen LogP contribution >= 0.6 is 24.0 Å². The molecule has 0 radical (unpaired) electrons. The Morgan fingerprint density at radius 2 is 2.04 bits per heavy atom. The number of rotatable bonds is 5. The van der Waals surface area contributed by atoms with Crippen LogP contribution in [0.3, 0.4) is 0 Å². The van der Waals surface area contributed by atoms with Crippen molar-refractivity contribution in [1.29, 1.82) is 0 Å². The van der Waals surface area contributed by atoms with Crippen LogP contribution in [-0.4, -0.2) is 39.4 Å². The van der Waals surface area contributed by atoms with Gasteiger partial charge in [0.1, 0.15) is 5.75 Å². The van der Waals surface area contributed by atoms with E-state index in [-0.39, 0.29) is 35.5 Å². The van der Waals surface area contributed by atoms with Crippen LogP contribution in [0.5, 0.6) is 5.75 Å². The molecule has 2 N–H and O–H groups in total. The molecule has 0 aliphatic carbocycles. The summed E-state index contributed by atoms with van der Waals surface area (Å²) >= 11 is 0. The summed E-state index contributed by atoms with van der Waals surface area (Å²) in [7, 11) is 3.52.